The van der Waals surface area contributed by atoms with Crippen molar-refractivity contribution in [3.05, 3.63) is 125 Å². The van der Waals surface area contributed by atoms with Gasteiger partial charge in [0, 0.05) is 12.6 Å². The van der Waals surface area contributed by atoms with Crippen molar-refractivity contribution in [2.45, 2.75) is 13.0 Å². The molecule has 0 unspecified atom stereocenters. The van der Waals surface area contributed by atoms with Gasteiger partial charge in [0.2, 0.25) is 0 Å². The number of hydrogen-bond acceptors (Lipinski definition) is 4. The van der Waals surface area contributed by atoms with E-state index >= 15 is 0 Å². The molecule has 4 rings (SSSR count). The van der Waals surface area contributed by atoms with Crippen molar-refractivity contribution < 1.29 is 23.1 Å². The molecule has 0 aliphatic rings. The zero-order valence-electron chi connectivity index (χ0n) is 20.2. The van der Waals surface area contributed by atoms with Gasteiger partial charge in [0.25, 0.3) is 5.91 Å². The monoisotopic (exact) mass is 533 g/mol. The highest BCUT2D eigenvalue weighted by Gasteiger charge is 2.18. The fourth-order valence-corrected chi connectivity index (χ4v) is 3.79. The van der Waals surface area contributed by atoms with Crippen LogP contribution in [0.4, 0.5) is 25.0 Å². The molecule has 0 heterocycles. The molecule has 0 fully saturated rings. The molecule has 0 bridgehead atoms. The third-order valence-electron chi connectivity index (χ3n) is 5.61. The molecule has 4 aromatic carbocycles. The Bertz CT molecular complexity index is 1400. The average molecular weight is 534 g/mol. The van der Waals surface area contributed by atoms with Crippen molar-refractivity contribution in [1.82, 2.24) is 5.32 Å². The number of nitrogens with zero attached hydrogens (tertiary/aromatic N) is 1. The van der Waals surface area contributed by atoms with Crippen LogP contribution in [0.25, 0.3) is 0 Å². The molecule has 0 saturated heterocycles. The van der Waals surface area contributed by atoms with Crippen molar-refractivity contribution in [3.63, 3.8) is 0 Å². The number of benzene rings is 4. The predicted octanol–water partition coefficient (Wildman–Crippen LogP) is 6.40. The summed E-state index contributed by atoms with van der Waals surface area (Å²) >= 11 is 4.33. The van der Waals surface area contributed by atoms with Gasteiger partial charge in [-0.05, 0) is 53.9 Å². The minimum atomic E-state index is -0.646. The van der Waals surface area contributed by atoms with E-state index in [1.54, 1.807) is 36.4 Å². The van der Waals surface area contributed by atoms with Crippen LogP contribution < -0.4 is 19.7 Å². The van der Waals surface area contributed by atoms with Gasteiger partial charge in [0.1, 0.15) is 24.0 Å². The van der Waals surface area contributed by atoms with Gasteiger partial charge in [-0.1, -0.05) is 67.4 Å². The number of hydrogen-bond donors (Lipinski definition) is 3. The quantitative estimate of drug-likeness (QED) is 0.218. The van der Waals surface area contributed by atoms with Gasteiger partial charge in [0.15, 0.2) is 0 Å². The lowest BCUT2D eigenvalue weighted by Gasteiger charge is -2.20. The first-order valence-corrected chi connectivity index (χ1v) is 12.2. The number of anilines is 2. The van der Waals surface area contributed by atoms with E-state index in [1.165, 1.54) is 30.3 Å². The standard InChI is InChI=1S/C29H25F2N3O3S/c30-22-12-10-20(11-13-22)16-17-32-29(36)34(38)23-14-15-26(33-28(35)24-8-4-5-9-25(24)31)27(18-23)37-19-21-6-2-1-3-7-21/h1-15,18,38H,16-17,19H2,(H,32,36)(H,33,35). The number of halogens is 2. The number of thiol groups is 1. The highest BCUT2D eigenvalue weighted by Crippen LogP contribution is 2.32. The molecule has 0 atom stereocenters. The number of ether oxygens (including phenoxy) is 1. The number of amides is 3. The van der Waals surface area contributed by atoms with Gasteiger partial charge >= 0.3 is 6.03 Å². The van der Waals surface area contributed by atoms with Crippen LogP contribution in [0.5, 0.6) is 5.75 Å². The van der Waals surface area contributed by atoms with Gasteiger partial charge in [-0.3, -0.25) is 4.79 Å². The van der Waals surface area contributed by atoms with E-state index in [-0.39, 0.29) is 23.7 Å². The van der Waals surface area contributed by atoms with Crippen LogP contribution in [0.1, 0.15) is 21.5 Å². The summed E-state index contributed by atoms with van der Waals surface area (Å²) in [4.78, 5) is 25.4. The second-order valence-corrected chi connectivity index (χ2v) is 8.71. The summed E-state index contributed by atoms with van der Waals surface area (Å²) in [5.74, 6) is -1.33. The third kappa shape index (κ3) is 7.10. The maximum Gasteiger partial charge on any atom is 0.331 e. The number of nitrogens with one attached hydrogen (secondary N) is 2. The number of carbonyl (C=O) groups is 2. The molecule has 0 radical (unpaired) electrons. The van der Waals surface area contributed by atoms with Crippen LogP contribution in [0.3, 0.4) is 0 Å². The van der Waals surface area contributed by atoms with Crippen LogP contribution in [-0.4, -0.2) is 18.5 Å². The van der Waals surface area contributed by atoms with E-state index in [4.69, 9.17) is 4.74 Å². The van der Waals surface area contributed by atoms with Crippen molar-refractivity contribution in [1.29, 1.82) is 0 Å². The summed E-state index contributed by atoms with van der Waals surface area (Å²) in [7, 11) is 0. The molecule has 3 amide bonds. The molecule has 4 aromatic rings. The minimum absolute atomic E-state index is 0.109. The maximum absolute atomic E-state index is 14.1. The Morgan fingerprint density at radius 1 is 0.842 bits per heavy atom. The molecule has 0 aliphatic carbocycles. The minimum Gasteiger partial charge on any atom is -0.487 e. The number of urea groups is 1. The molecule has 2 N–H and O–H groups in total. The first kappa shape index (κ1) is 26.7. The van der Waals surface area contributed by atoms with Crippen molar-refractivity contribution in [2.75, 3.05) is 16.2 Å². The largest absolute Gasteiger partial charge is 0.487 e. The Balaban J connectivity index is 1.48. The van der Waals surface area contributed by atoms with Gasteiger partial charge in [-0.2, -0.15) is 0 Å². The summed E-state index contributed by atoms with van der Waals surface area (Å²) in [6, 6.07) is 25.4. The van der Waals surface area contributed by atoms with Crippen LogP contribution in [0.2, 0.25) is 0 Å². The highest BCUT2D eigenvalue weighted by molar-refractivity contribution is 7.82. The lowest BCUT2D eigenvalue weighted by molar-refractivity contribution is 0.102. The molecule has 194 valence electrons. The average Bonchev–Trinajstić information content (AvgIpc) is 2.94. The molecule has 9 heteroatoms. The van der Waals surface area contributed by atoms with Gasteiger partial charge < -0.3 is 15.4 Å². The van der Waals surface area contributed by atoms with E-state index < -0.39 is 17.8 Å². The highest BCUT2D eigenvalue weighted by atomic mass is 32.1. The van der Waals surface area contributed by atoms with E-state index in [0.717, 1.165) is 15.4 Å². The SMILES string of the molecule is O=C(Nc1ccc(N(S)C(=O)NCCc2ccc(F)cc2)cc1OCc1ccccc1)c1ccccc1F. The van der Waals surface area contributed by atoms with Crippen LogP contribution in [-0.2, 0) is 13.0 Å². The maximum atomic E-state index is 14.1. The normalized spacial score (nSPS) is 10.5. The molecule has 38 heavy (non-hydrogen) atoms. The van der Waals surface area contributed by atoms with Crippen molar-refractivity contribution in [2.24, 2.45) is 0 Å². The summed E-state index contributed by atoms with van der Waals surface area (Å²) in [6.45, 7) is 0.513. The lowest BCUT2D eigenvalue weighted by atomic mass is 10.1. The molecular formula is C29H25F2N3O3S. The first-order chi connectivity index (χ1) is 18.4. The van der Waals surface area contributed by atoms with Gasteiger partial charge in [-0.15, -0.1) is 0 Å². The molecule has 0 saturated carbocycles. The van der Waals surface area contributed by atoms with Crippen LogP contribution >= 0.6 is 12.8 Å². The van der Waals surface area contributed by atoms with Gasteiger partial charge in [-0.25, -0.2) is 17.9 Å². The summed E-state index contributed by atoms with van der Waals surface area (Å²) < 4.78 is 34.3. The molecular weight excluding hydrogens is 508 g/mol. The Kier molecular flexibility index (Phi) is 8.94. The van der Waals surface area contributed by atoms with Crippen LogP contribution in [0, 0.1) is 11.6 Å². The van der Waals surface area contributed by atoms with E-state index in [1.807, 2.05) is 30.3 Å². The Labute approximate surface area is 224 Å². The molecule has 0 spiro atoms. The predicted molar refractivity (Wildman–Crippen MR) is 147 cm³/mol. The zero-order chi connectivity index (χ0) is 26.9. The summed E-state index contributed by atoms with van der Waals surface area (Å²) in [6.07, 6.45) is 0.514. The Morgan fingerprint density at radius 3 is 2.29 bits per heavy atom. The van der Waals surface area contributed by atoms with Crippen LogP contribution in [0.15, 0.2) is 97.1 Å². The number of carbonyl (C=O) groups excluding carboxylic acids is 2. The topological polar surface area (TPSA) is 70.7 Å². The second kappa shape index (κ2) is 12.7. The van der Waals surface area contributed by atoms with E-state index in [2.05, 4.69) is 23.4 Å². The lowest BCUT2D eigenvalue weighted by Crippen LogP contribution is -2.35. The Morgan fingerprint density at radius 2 is 1.55 bits per heavy atom. The summed E-state index contributed by atoms with van der Waals surface area (Å²) in [5, 5.41) is 5.44. The smallest absolute Gasteiger partial charge is 0.331 e. The van der Waals surface area contributed by atoms with Gasteiger partial charge in [0.05, 0.1) is 16.9 Å². The molecule has 0 aromatic heterocycles. The van der Waals surface area contributed by atoms with E-state index in [0.29, 0.717) is 24.3 Å². The zero-order valence-corrected chi connectivity index (χ0v) is 21.1. The molecule has 6 nitrogen and oxygen atoms in total. The summed E-state index contributed by atoms with van der Waals surface area (Å²) in [5.41, 5.74) is 2.35. The fraction of sp³-hybridized carbons (Fsp3) is 0.103. The number of rotatable bonds is 9. The Hall–Kier alpha value is -4.37. The second-order valence-electron chi connectivity index (χ2n) is 8.31. The van der Waals surface area contributed by atoms with E-state index in [9.17, 15) is 18.4 Å². The van der Waals surface area contributed by atoms with Crippen molar-refractivity contribution >= 4 is 36.1 Å². The fourth-order valence-electron chi connectivity index (χ4n) is 3.59. The van der Waals surface area contributed by atoms with Crippen molar-refractivity contribution in [3.8, 4) is 5.75 Å². The third-order valence-corrected chi connectivity index (χ3v) is 6.02. The first-order valence-electron chi connectivity index (χ1n) is 11.8. The molecule has 0 aliphatic heterocycles.